The van der Waals surface area contributed by atoms with Gasteiger partial charge in [-0.15, -0.1) is 0 Å². The summed E-state index contributed by atoms with van der Waals surface area (Å²) in [7, 11) is 0. The first kappa shape index (κ1) is 24.2. The van der Waals surface area contributed by atoms with Crippen molar-refractivity contribution in [3.8, 4) is 0 Å². The Morgan fingerprint density at radius 3 is 2.46 bits per heavy atom. The number of furan rings is 1. The standard InChI is InChI=1S/C21H21N5O2.C2HF3O2/c1-15-10-20-22-12-16(14-26(20)23-15)13-24-6-8-25(9-7-24)21(27)19-11-17-4-2-3-5-18(17)28-19;3-2(4,5)1(6)7/h2-5,10-12,14H,6-9,13H2,1H3;(H,6,7). The summed E-state index contributed by atoms with van der Waals surface area (Å²) in [5.74, 6) is -2.38. The lowest BCUT2D eigenvalue weighted by Crippen LogP contribution is -2.48. The predicted octanol–water partition coefficient (Wildman–Crippen LogP) is 3.38. The van der Waals surface area contributed by atoms with Crippen LogP contribution >= 0.6 is 0 Å². The zero-order valence-corrected chi connectivity index (χ0v) is 18.7. The molecule has 0 unspecified atom stereocenters. The molecule has 9 nitrogen and oxygen atoms in total. The maximum absolute atomic E-state index is 12.8. The van der Waals surface area contributed by atoms with Crippen LogP contribution in [0.3, 0.4) is 0 Å². The molecule has 1 N–H and O–H groups in total. The normalized spacial score (nSPS) is 14.7. The molecule has 1 saturated heterocycles. The highest BCUT2D eigenvalue weighted by Crippen LogP contribution is 2.21. The molecule has 12 heteroatoms. The van der Waals surface area contributed by atoms with Crippen molar-refractivity contribution in [2.45, 2.75) is 19.6 Å². The third kappa shape index (κ3) is 5.77. The van der Waals surface area contributed by atoms with Gasteiger partial charge in [0.15, 0.2) is 11.4 Å². The van der Waals surface area contributed by atoms with Crippen LogP contribution in [0.1, 0.15) is 21.8 Å². The number of para-hydroxylation sites is 1. The Hall–Kier alpha value is -3.93. The Morgan fingerprint density at radius 1 is 1.11 bits per heavy atom. The van der Waals surface area contributed by atoms with E-state index in [1.165, 1.54) is 0 Å². The summed E-state index contributed by atoms with van der Waals surface area (Å²) >= 11 is 0. The van der Waals surface area contributed by atoms with Crippen LogP contribution in [-0.2, 0) is 11.3 Å². The van der Waals surface area contributed by atoms with Crippen molar-refractivity contribution in [2.24, 2.45) is 0 Å². The number of aryl methyl sites for hydroxylation is 1. The van der Waals surface area contributed by atoms with E-state index in [1.54, 1.807) is 0 Å². The zero-order valence-electron chi connectivity index (χ0n) is 18.7. The van der Waals surface area contributed by atoms with Crippen LogP contribution in [0.2, 0.25) is 0 Å². The van der Waals surface area contributed by atoms with E-state index >= 15 is 0 Å². The smallest absolute Gasteiger partial charge is 0.475 e. The predicted molar refractivity (Wildman–Crippen MR) is 119 cm³/mol. The number of amides is 1. The number of carboxylic acids is 1. The molecule has 0 aliphatic carbocycles. The van der Waals surface area contributed by atoms with Crippen molar-refractivity contribution < 1.29 is 32.3 Å². The molecule has 1 aliphatic heterocycles. The maximum Gasteiger partial charge on any atom is 0.490 e. The van der Waals surface area contributed by atoms with E-state index in [4.69, 9.17) is 14.3 Å². The van der Waals surface area contributed by atoms with Crippen molar-refractivity contribution in [3.05, 3.63) is 65.8 Å². The van der Waals surface area contributed by atoms with Gasteiger partial charge in [0.1, 0.15) is 5.58 Å². The summed E-state index contributed by atoms with van der Waals surface area (Å²) < 4.78 is 39.3. The Labute approximate surface area is 197 Å². The van der Waals surface area contributed by atoms with Gasteiger partial charge >= 0.3 is 12.1 Å². The molecule has 1 fully saturated rings. The molecule has 35 heavy (non-hydrogen) atoms. The van der Waals surface area contributed by atoms with Crippen molar-refractivity contribution >= 4 is 28.5 Å². The molecule has 1 aliphatic rings. The van der Waals surface area contributed by atoms with Crippen molar-refractivity contribution in [3.63, 3.8) is 0 Å². The van der Waals surface area contributed by atoms with Crippen LogP contribution in [0.15, 0.2) is 53.2 Å². The van der Waals surface area contributed by atoms with E-state index in [1.807, 2.05) is 65.1 Å². The van der Waals surface area contributed by atoms with Crippen molar-refractivity contribution in [2.75, 3.05) is 26.2 Å². The molecule has 3 aromatic heterocycles. The third-order valence-corrected chi connectivity index (χ3v) is 5.43. The quantitative estimate of drug-likeness (QED) is 0.471. The molecular weight excluding hydrogens is 467 g/mol. The van der Waals surface area contributed by atoms with Crippen molar-refractivity contribution in [1.29, 1.82) is 0 Å². The lowest BCUT2D eigenvalue weighted by molar-refractivity contribution is -0.192. The number of carboxylic acid groups (broad SMARTS) is 1. The van der Waals surface area contributed by atoms with Crippen LogP contribution < -0.4 is 0 Å². The molecule has 0 spiro atoms. The number of aliphatic carboxylic acids is 1. The highest BCUT2D eigenvalue weighted by molar-refractivity contribution is 5.96. The van der Waals surface area contributed by atoms with Gasteiger partial charge < -0.3 is 14.4 Å². The highest BCUT2D eigenvalue weighted by Gasteiger charge is 2.38. The summed E-state index contributed by atoms with van der Waals surface area (Å²) in [6, 6.07) is 11.5. The molecule has 5 rings (SSSR count). The second-order valence-electron chi connectivity index (χ2n) is 8.07. The zero-order chi connectivity index (χ0) is 25.2. The van der Waals surface area contributed by atoms with E-state index in [-0.39, 0.29) is 5.91 Å². The fourth-order valence-electron chi connectivity index (χ4n) is 3.73. The Balaban J connectivity index is 0.000000364. The van der Waals surface area contributed by atoms with E-state index < -0.39 is 12.1 Å². The van der Waals surface area contributed by atoms with Crippen LogP contribution in [0.5, 0.6) is 0 Å². The molecule has 4 heterocycles. The summed E-state index contributed by atoms with van der Waals surface area (Å²) in [4.78, 5) is 30.3. The molecule has 0 bridgehead atoms. The van der Waals surface area contributed by atoms with Crippen LogP contribution in [0, 0.1) is 6.92 Å². The first-order chi connectivity index (χ1) is 16.6. The lowest BCUT2D eigenvalue weighted by atomic mass is 10.2. The minimum absolute atomic E-state index is 0.0362. The van der Waals surface area contributed by atoms with Gasteiger partial charge in [0.25, 0.3) is 5.91 Å². The minimum atomic E-state index is -5.08. The number of benzene rings is 1. The van der Waals surface area contributed by atoms with E-state index in [0.29, 0.717) is 18.8 Å². The highest BCUT2D eigenvalue weighted by atomic mass is 19.4. The molecular formula is C23H22F3N5O4. The number of piperazine rings is 1. The number of rotatable bonds is 3. The second kappa shape index (κ2) is 9.74. The van der Waals surface area contributed by atoms with E-state index in [0.717, 1.165) is 47.5 Å². The fourth-order valence-corrected chi connectivity index (χ4v) is 3.73. The fraction of sp³-hybridized carbons (Fsp3) is 0.304. The number of nitrogens with zero attached hydrogens (tertiary/aromatic N) is 5. The minimum Gasteiger partial charge on any atom is -0.475 e. The Kier molecular flexibility index (Phi) is 6.74. The Morgan fingerprint density at radius 2 is 1.80 bits per heavy atom. The van der Waals surface area contributed by atoms with E-state index in [9.17, 15) is 18.0 Å². The van der Waals surface area contributed by atoms with Gasteiger partial charge in [-0.2, -0.15) is 18.3 Å². The largest absolute Gasteiger partial charge is 0.490 e. The number of carbonyl (C=O) groups excluding carboxylic acids is 1. The molecule has 1 amide bonds. The van der Waals surface area contributed by atoms with Gasteiger partial charge in [0.05, 0.1) is 5.69 Å². The van der Waals surface area contributed by atoms with Gasteiger partial charge in [0, 0.05) is 62.1 Å². The summed E-state index contributed by atoms with van der Waals surface area (Å²) in [5.41, 5.74) is 3.69. The molecule has 1 aromatic carbocycles. The van der Waals surface area contributed by atoms with Gasteiger partial charge in [-0.25, -0.2) is 14.3 Å². The summed E-state index contributed by atoms with van der Waals surface area (Å²) in [5, 5.41) is 12.5. The van der Waals surface area contributed by atoms with Gasteiger partial charge in [-0.3, -0.25) is 9.69 Å². The van der Waals surface area contributed by atoms with Crippen molar-refractivity contribution in [1.82, 2.24) is 24.4 Å². The number of hydrogen-bond donors (Lipinski definition) is 1. The number of halogens is 3. The number of hydrogen-bond acceptors (Lipinski definition) is 6. The molecule has 0 atom stereocenters. The molecule has 0 saturated carbocycles. The van der Waals surface area contributed by atoms with Gasteiger partial charge in [0.2, 0.25) is 0 Å². The average molecular weight is 489 g/mol. The molecule has 184 valence electrons. The molecule has 0 radical (unpaired) electrons. The van der Waals surface area contributed by atoms with Crippen LogP contribution in [0.25, 0.3) is 16.6 Å². The number of fused-ring (bicyclic) bond motifs is 2. The third-order valence-electron chi connectivity index (χ3n) is 5.43. The molecule has 4 aromatic rings. The second-order valence-corrected chi connectivity index (χ2v) is 8.07. The van der Waals surface area contributed by atoms with E-state index in [2.05, 4.69) is 15.0 Å². The first-order valence-corrected chi connectivity index (χ1v) is 10.7. The Bertz CT molecular complexity index is 1320. The number of aromatic nitrogens is 3. The first-order valence-electron chi connectivity index (χ1n) is 10.7. The SMILES string of the molecule is Cc1cc2ncc(CN3CCN(C(=O)c4cc5ccccc5o4)CC3)cn2n1.O=C(O)C(F)(F)F. The van der Waals surface area contributed by atoms with Crippen LogP contribution in [-0.4, -0.2) is 73.7 Å². The number of alkyl halides is 3. The topological polar surface area (TPSA) is 104 Å². The monoisotopic (exact) mass is 489 g/mol. The van der Waals surface area contributed by atoms with Gasteiger partial charge in [-0.1, -0.05) is 18.2 Å². The number of carbonyl (C=O) groups is 2. The maximum atomic E-state index is 12.8. The van der Waals surface area contributed by atoms with Crippen LogP contribution in [0.4, 0.5) is 13.2 Å². The van der Waals surface area contributed by atoms with Gasteiger partial charge in [-0.05, 0) is 19.1 Å². The summed E-state index contributed by atoms with van der Waals surface area (Å²) in [6.45, 7) is 5.78. The summed E-state index contributed by atoms with van der Waals surface area (Å²) in [6.07, 6.45) is -1.15. The lowest BCUT2D eigenvalue weighted by Gasteiger charge is -2.34. The average Bonchev–Trinajstić information content (AvgIpc) is 3.41.